The first-order valence-electron chi connectivity index (χ1n) is 8.54. The van der Waals surface area contributed by atoms with Gasteiger partial charge in [-0.1, -0.05) is 0 Å². The Labute approximate surface area is 157 Å². The van der Waals surface area contributed by atoms with Crippen molar-refractivity contribution in [1.82, 2.24) is 0 Å². The first-order chi connectivity index (χ1) is 10.2. The first kappa shape index (κ1) is 25.1. The molecule has 0 aromatic heterocycles. The predicted molar refractivity (Wildman–Crippen MR) is 116 cm³/mol. The largest absolute Gasteiger partial charge is 0.638 e. The molecule has 0 fully saturated rings. The fraction of sp³-hybridized carbons (Fsp3) is 1.00. The van der Waals surface area contributed by atoms with E-state index in [0.717, 1.165) is 0 Å². The summed E-state index contributed by atoms with van der Waals surface area (Å²) in [5.41, 5.74) is 0. The van der Waals surface area contributed by atoms with Crippen LogP contribution < -0.4 is 0 Å². The van der Waals surface area contributed by atoms with Gasteiger partial charge in [-0.05, 0) is 85.1 Å². The van der Waals surface area contributed by atoms with Crippen LogP contribution in [0.2, 0.25) is 85.1 Å². The van der Waals surface area contributed by atoms with Gasteiger partial charge in [-0.2, -0.15) is 0 Å². The Morgan fingerprint density at radius 1 is 0.458 bits per heavy atom. The van der Waals surface area contributed by atoms with Crippen LogP contribution in [-0.4, -0.2) is 51.6 Å². The summed E-state index contributed by atoms with van der Waals surface area (Å²) in [7, 11) is -12.2. The van der Waals surface area contributed by atoms with Gasteiger partial charge in [0.2, 0.25) is 0 Å². The second-order valence-corrected chi connectivity index (χ2v) is 32.9. The van der Waals surface area contributed by atoms with Crippen molar-refractivity contribution in [2.45, 2.75) is 85.1 Å². The van der Waals surface area contributed by atoms with E-state index in [-0.39, 0.29) is 0 Å². The van der Waals surface area contributed by atoms with Crippen LogP contribution in [-0.2, 0) is 20.6 Å². The topological polar surface area (TPSA) is 46.2 Å². The fourth-order valence-electron chi connectivity index (χ4n) is 1.88. The van der Waals surface area contributed by atoms with Crippen LogP contribution in [0, 0.1) is 0 Å². The third-order valence-corrected chi connectivity index (χ3v) is 18.1. The van der Waals surface area contributed by atoms with Gasteiger partial charge in [0.25, 0.3) is 0 Å². The van der Waals surface area contributed by atoms with Gasteiger partial charge in [-0.3, -0.25) is 0 Å². The molecule has 0 spiro atoms. The second kappa shape index (κ2) is 8.41. The zero-order chi connectivity index (χ0) is 19.6. The van der Waals surface area contributed by atoms with Crippen LogP contribution in [0.25, 0.3) is 0 Å². The maximum Gasteiger partial charge on any atom is 0.638 e. The highest BCUT2D eigenvalue weighted by atomic mass is 28.5. The third kappa shape index (κ3) is 13.3. The van der Waals surface area contributed by atoms with Gasteiger partial charge >= 0.3 is 18.3 Å². The van der Waals surface area contributed by atoms with Crippen LogP contribution in [0.15, 0.2) is 0 Å². The standard InChI is InChI=1S/C13H39O5Si6/c1-19(14-20(2,3)4)15-24(16-21(5,6)7,17-22(8,9)10)18-23(11,12)13/h1-13H3. The number of hydrogen-bond donors (Lipinski definition) is 0. The molecule has 0 aromatic rings. The van der Waals surface area contributed by atoms with E-state index < -0.39 is 51.6 Å². The van der Waals surface area contributed by atoms with E-state index in [1.165, 1.54) is 0 Å². The third-order valence-electron chi connectivity index (χ3n) is 2.01. The summed E-state index contributed by atoms with van der Waals surface area (Å²) in [6, 6.07) is 0. The molecule has 0 atom stereocenters. The molecule has 0 aromatic carbocycles. The molecular weight excluding hydrogens is 405 g/mol. The monoisotopic (exact) mass is 443 g/mol. The van der Waals surface area contributed by atoms with Gasteiger partial charge < -0.3 is 20.6 Å². The highest BCUT2D eigenvalue weighted by molar-refractivity contribution is 6.90. The highest BCUT2D eigenvalue weighted by Crippen LogP contribution is 2.27. The van der Waals surface area contributed by atoms with E-state index in [4.69, 9.17) is 20.6 Å². The lowest BCUT2D eigenvalue weighted by Crippen LogP contribution is -2.64. The lowest BCUT2D eigenvalue weighted by atomic mass is 11.8. The molecular formula is C13H39O5Si6. The zero-order valence-electron chi connectivity index (χ0n) is 18.0. The number of rotatable bonds is 10. The van der Waals surface area contributed by atoms with Gasteiger partial charge in [0, 0.05) is 0 Å². The molecule has 5 nitrogen and oxygen atoms in total. The summed E-state index contributed by atoms with van der Waals surface area (Å²) in [5.74, 6) is 0. The molecule has 0 saturated heterocycles. The normalized spacial score (nSPS) is 15.2. The SMILES string of the molecule is C[Si](O[Si](C)(C)C)O[Si](O[Si](C)(C)C)(O[Si](C)(C)C)O[Si](C)(C)C. The van der Waals surface area contributed by atoms with Crippen molar-refractivity contribution in [3.8, 4) is 0 Å². The summed E-state index contributed by atoms with van der Waals surface area (Å²) in [6.45, 7) is 27.9. The molecule has 0 bridgehead atoms. The minimum atomic E-state index is -3.24. The molecule has 0 aliphatic rings. The minimum absolute atomic E-state index is 1.50. The summed E-state index contributed by atoms with van der Waals surface area (Å²) in [4.78, 5) is 0. The van der Waals surface area contributed by atoms with Gasteiger partial charge in [-0.25, -0.2) is 0 Å². The molecule has 145 valence electrons. The second-order valence-electron chi connectivity index (χ2n) is 9.95. The summed E-state index contributed by atoms with van der Waals surface area (Å²) < 4.78 is 32.1. The Morgan fingerprint density at radius 3 is 0.958 bits per heavy atom. The average molecular weight is 444 g/mol. The Balaban J connectivity index is 5.70. The van der Waals surface area contributed by atoms with E-state index in [0.29, 0.717) is 0 Å². The van der Waals surface area contributed by atoms with Crippen molar-refractivity contribution in [3.63, 3.8) is 0 Å². The van der Waals surface area contributed by atoms with E-state index in [1.807, 2.05) is 6.55 Å². The van der Waals surface area contributed by atoms with E-state index in [9.17, 15) is 0 Å². The van der Waals surface area contributed by atoms with Crippen molar-refractivity contribution >= 4 is 51.6 Å². The molecule has 0 rings (SSSR count). The Kier molecular flexibility index (Phi) is 8.80. The van der Waals surface area contributed by atoms with Gasteiger partial charge in [0.1, 0.15) is 0 Å². The van der Waals surface area contributed by atoms with E-state index >= 15 is 0 Å². The van der Waals surface area contributed by atoms with Crippen LogP contribution >= 0.6 is 0 Å². The Morgan fingerprint density at radius 2 is 0.750 bits per heavy atom. The highest BCUT2D eigenvalue weighted by Gasteiger charge is 2.55. The molecule has 0 amide bonds. The first-order valence-corrected chi connectivity index (χ1v) is 25.6. The lowest BCUT2D eigenvalue weighted by Gasteiger charge is -2.42. The summed E-state index contributed by atoms with van der Waals surface area (Å²) in [6.07, 6.45) is 0. The summed E-state index contributed by atoms with van der Waals surface area (Å²) in [5, 5.41) is 0. The Hall–Kier alpha value is 1.10. The summed E-state index contributed by atoms with van der Waals surface area (Å²) >= 11 is 0. The van der Waals surface area contributed by atoms with Crippen molar-refractivity contribution in [2.24, 2.45) is 0 Å². The van der Waals surface area contributed by atoms with Crippen LogP contribution in [0.1, 0.15) is 0 Å². The fourth-order valence-corrected chi connectivity index (χ4v) is 19.5. The number of hydrogen-bond acceptors (Lipinski definition) is 5. The van der Waals surface area contributed by atoms with E-state index in [1.54, 1.807) is 0 Å². The van der Waals surface area contributed by atoms with Crippen molar-refractivity contribution in [3.05, 3.63) is 0 Å². The minimum Gasteiger partial charge on any atom is -0.436 e. The van der Waals surface area contributed by atoms with Gasteiger partial charge in [-0.15, -0.1) is 0 Å². The van der Waals surface area contributed by atoms with Crippen molar-refractivity contribution in [2.75, 3.05) is 0 Å². The maximum absolute atomic E-state index is 6.50. The van der Waals surface area contributed by atoms with Crippen molar-refractivity contribution in [1.29, 1.82) is 0 Å². The zero-order valence-corrected chi connectivity index (χ0v) is 24.0. The Bertz CT molecular complexity index is 353. The molecule has 0 aliphatic carbocycles. The van der Waals surface area contributed by atoms with Crippen LogP contribution in [0.4, 0.5) is 0 Å². The molecule has 24 heavy (non-hydrogen) atoms. The molecule has 11 heteroatoms. The average Bonchev–Trinajstić information content (AvgIpc) is 2.00. The van der Waals surface area contributed by atoms with Gasteiger partial charge in [0.15, 0.2) is 33.3 Å². The molecule has 1 radical (unpaired) electrons. The quantitative estimate of drug-likeness (QED) is 0.446. The van der Waals surface area contributed by atoms with E-state index in [2.05, 4.69) is 78.6 Å². The molecule has 0 aliphatic heterocycles. The molecule has 0 saturated carbocycles. The molecule has 0 heterocycles. The van der Waals surface area contributed by atoms with Crippen LogP contribution in [0.3, 0.4) is 0 Å². The maximum atomic E-state index is 6.50. The lowest BCUT2D eigenvalue weighted by molar-refractivity contribution is 0.142. The van der Waals surface area contributed by atoms with Crippen LogP contribution in [0.5, 0.6) is 0 Å². The van der Waals surface area contributed by atoms with Gasteiger partial charge in [0.05, 0.1) is 0 Å². The van der Waals surface area contributed by atoms with Crippen molar-refractivity contribution < 1.29 is 20.6 Å². The predicted octanol–water partition coefficient (Wildman–Crippen LogP) is 4.96. The molecule has 0 N–H and O–H groups in total. The molecule has 0 unspecified atom stereocenters. The smallest absolute Gasteiger partial charge is 0.436 e.